The van der Waals surface area contributed by atoms with E-state index in [0.29, 0.717) is 30.1 Å². The Morgan fingerprint density at radius 3 is 2.24 bits per heavy atom. The summed E-state index contributed by atoms with van der Waals surface area (Å²) in [5, 5.41) is 3.23. The normalized spacial score (nSPS) is 9.44. The lowest BCUT2D eigenvalue weighted by atomic mass is 10.0. The summed E-state index contributed by atoms with van der Waals surface area (Å²) in [5.41, 5.74) is 1.83. The van der Waals surface area contributed by atoms with Crippen molar-refractivity contribution in [1.29, 1.82) is 0 Å². The molecule has 4 heteroatoms. The zero-order valence-corrected chi connectivity index (χ0v) is 17.6. The summed E-state index contributed by atoms with van der Waals surface area (Å²) in [6.45, 7) is 12.4. The van der Waals surface area contributed by atoms with Gasteiger partial charge in [0.05, 0.1) is 0 Å². The quantitative estimate of drug-likeness (QED) is 0.389. The molecular formula is C21H36ClNO2. The van der Waals surface area contributed by atoms with Gasteiger partial charge in [0.2, 0.25) is 6.41 Å². The summed E-state index contributed by atoms with van der Waals surface area (Å²) < 4.78 is 0. The van der Waals surface area contributed by atoms with Gasteiger partial charge in [-0.2, -0.15) is 0 Å². The van der Waals surface area contributed by atoms with Crippen LogP contribution in [-0.2, 0) is 16.0 Å². The van der Waals surface area contributed by atoms with E-state index in [1.54, 1.807) is 6.07 Å². The molecule has 0 heterocycles. The van der Waals surface area contributed by atoms with Crippen LogP contribution in [0.5, 0.6) is 0 Å². The maximum absolute atomic E-state index is 11.1. The van der Waals surface area contributed by atoms with Crippen LogP contribution in [0.2, 0.25) is 5.02 Å². The van der Waals surface area contributed by atoms with Crippen LogP contribution in [0.3, 0.4) is 0 Å². The van der Waals surface area contributed by atoms with Crippen molar-refractivity contribution >= 4 is 29.5 Å². The van der Waals surface area contributed by atoms with Crippen molar-refractivity contribution in [2.45, 2.75) is 80.1 Å². The van der Waals surface area contributed by atoms with Crippen LogP contribution in [0.1, 0.15) is 79.2 Å². The van der Waals surface area contributed by atoms with Gasteiger partial charge in [0.15, 0.2) is 0 Å². The van der Waals surface area contributed by atoms with E-state index in [1.807, 2.05) is 32.9 Å². The number of hydrogen-bond donors (Lipinski definition) is 1. The Hall–Kier alpha value is -1.35. The van der Waals surface area contributed by atoms with E-state index in [2.05, 4.69) is 26.1 Å². The molecule has 0 saturated heterocycles. The minimum atomic E-state index is 0.334. The van der Waals surface area contributed by atoms with Crippen LogP contribution >= 0.6 is 11.6 Å². The summed E-state index contributed by atoms with van der Waals surface area (Å²) in [6, 6.07) is 5.56. The van der Waals surface area contributed by atoms with Gasteiger partial charge in [-0.05, 0) is 48.9 Å². The van der Waals surface area contributed by atoms with Crippen molar-refractivity contribution in [3.05, 3.63) is 28.8 Å². The van der Waals surface area contributed by atoms with Gasteiger partial charge in [-0.1, -0.05) is 59.6 Å². The summed E-state index contributed by atoms with van der Waals surface area (Å²) in [5.74, 6) is 1.17. The summed E-state index contributed by atoms with van der Waals surface area (Å²) in [4.78, 5) is 21.5. The largest absolute Gasteiger partial charge is 0.329 e. The zero-order valence-electron chi connectivity index (χ0n) is 16.8. The molecule has 0 unspecified atom stereocenters. The lowest BCUT2D eigenvalue weighted by Crippen LogP contribution is -1.96. The highest BCUT2D eigenvalue weighted by atomic mass is 35.5. The SMILES string of the molecule is CC.CC(C)C.CCC(=O)CCCCCc1cc(Cl)cc(NC=O)c1. The molecule has 1 aromatic carbocycles. The first-order chi connectivity index (χ1) is 11.9. The number of hydrogen-bond acceptors (Lipinski definition) is 2. The number of halogens is 1. The third kappa shape index (κ3) is 17.3. The molecule has 3 nitrogen and oxygen atoms in total. The molecular weight excluding hydrogens is 334 g/mol. The predicted molar refractivity (Wildman–Crippen MR) is 110 cm³/mol. The number of benzene rings is 1. The summed E-state index contributed by atoms with van der Waals surface area (Å²) in [7, 11) is 0. The average molecular weight is 370 g/mol. The Balaban J connectivity index is 0. The first-order valence-electron chi connectivity index (χ1n) is 9.40. The molecule has 0 aliphatic carbocycles. The number of Topliss-reactive ketones (excluding diaryl/α,β-unsaturated/α-hetero) is 1. The Morgan fingerprint density at radius 2 is 1.72 bits per heavy atom. The highest BCUT2D eigenvalue weighted by Crippen LogP contribution is 2.20. The molecule has 0 bridgehead atoms. The third-order valence-corrected chi connectivity index (χ3v) is 3.22. The van der Waals surface area contributed by atoms with Crippen molar-refractivity contribution in [3.63, 3.8) is 0 Å². The summed E-state index contributed by atoms with van der Waals surface area (Å²) in [6.07, 6.45) is 5.89. The van der Waals surface area contributed by atoms with Gasteiger partial charge in [-0.15, -0.1) is 0 Å². The van der Waals surface area contributed by atoms with E-state index in [-0.39, 0.29) is 0 Å². The van der Waals surface area contributed by atoms with Gasteiger partial charge in [0.25, 0.3) is 0 Å². The predicted octanol–water partition coefficient (Wildman–Crippen LogP) is 6.68. The topological polar surface area (TPSA) is 46.2 Å². The molecule has 1 amide bonds. The van der Waals surface area contributed by atoms with Crippen molar-refractivity contribution in [2.75, 3.05) is 5.32 Å². The van der Waals surface area contributed by atoms with Crippen molar-refractivity contribution < 1.29 is 9.59 Å². The second-order valence-electron chi connectivity index (χ2n) is 6.30. The van der Waals surface area contributed by atoms with Crippen LogP contribution in [0.4, 0.5) is 5.69 Å². The number of carbonyl (C=O) groups excluding carboxylic acids is 2. The molecule has 25 heavy (non-hydrogen) atoms. The monoisotopic (exact) mass is 369 g/mol. The molecule has 1 rings (SSSR count). The van der Waals surface area contributed by atoms with E-state index in [0.717, 1.165) is 42.9 Å². The fourth-order valence-electron chi connectivity index (χ4n) is 1.95. The Labute approximate surface area is 159 Å². The lowest BCUT2D eigenvalue weighted by Gasteiger charge is -2.06. The van der Waals surface area contributed by atoms with Crippen molar-refractivity contribution in [3.8, 4) is 0 Å². The van der Waals surface area contributed by atoms with Gasteiger partial charge in [0.1, 0.15) is 5.78 Å². The molecule has 0 saturated carbocycles. The molecule has 1 N–H and O–H groups in total. The lowest BCUT2D eigenvalue weighted by molar-refractivity contribution is -0.118. The van der Waals surface area contributed by atoms with Gasteiger partial charge in [-0.25, -0.2) is 0 Å². The van der Waals surface area contributed by atoms with Crippen molar-refractivity contribution in [1.82, 2.24) is 0 Å². The number of amides is 1. The van der Waals surface area contributed by atoms with E-state index in [4.69, 9.17) is 11.6 Å². The Bertz CT molecular complexity index is 470. The first kappa shape index (κ1) is 25.9. The molecule has 144 valence electrons. The number of rotatable bonds is 9. The van der Waals surface area contributed by atoms with E-state index < -0.39 is 0 Å². The van der Waals surface area contributed by atoms with Crippen LogP contribution in [-0.4, -0.2) is 12.2 Å². The number of carbonyl (C=O) groups is 2. The van der Waals surface area contributed by atoms with Crippen LogP contribution in [0, 0.1) is 5.92 Å². The number of aryl methyl sites for hydroxylation is 1. The van der Waals surface area contributed by atoms with Crippen LogP contribution in [0.15, 0.2) is 18.2 Å². The molecule has 0 spiro atoms. The molecule has 0 radical (unpaired) electrons. The van der Waals surface area contributed by atoms with E-state index >= 15 is 0 Å². The highest BCUT2D eigenvalue weighted by molar-refractivity contribution is 6.31. The number of ketones is 1. The molecule has 0 aliphatic heterocycles. The molecule has 0 aliphatic rings. The summed E-state index contributed by atoms with van der Waals surface area (Å²) >= 11 is 5.99. The van der Waals surface area contributed by atoms with Gasteiger partial charge in [-0.3, -0.25) is 9.59 Å². The maximum atomic E-state index is 11.1. The van der Waals surface area contributed by atoms with E-state index in [9.17, 15) is 9.59 Å². The smallest absolute Gasteiger partial charge is 0.211 e. The first-order valence-corrected chi connectivity index (χ1v) is 9.78. The maximum Gasteiger partial charge on any atom is 0.211 e. The minimum absolute atomic E-state index is 0.334. The molecule has 0 aromatic heterocycles. The van der Waals surface area contributed by atoms with Crippen LogP contribution < -0.4 is 5.32 Å². The van der Waals surface area contributed by atoms with Gasteiger partial charge < -0.3 is 5.32 Å². The van der Waals surface area contributed by atoms with Crippen LogP contribution in [0.25, 0.3) is 0 Å². The fourth-order valence-corrected chi connectivity index (χ4v) is 2.21. The number of nitrogens with one attached hydrogen (secondary N) is 1. The Morgan fingerprint density at radius 1 is 1.12 bits per heavy atom. The number of unbranched alkanes of at least 4 members (excludes halogenated alkanes) is 2. The fraction of sp³-hybridized carbons (Fsp3) is 0.619. The standard InChI is InChI=1S/C15H20ClNO2.C4H10.C2H6/c1-2-15(19)7-5-3-4-6-12-8-13(16)10-14(9-12)17-11-18;1-4(2)3;1-2/h8-11H,2-7H2,1H3,(H,17,18);4H,1-3H3;1-2H3. The molecule has 0 atom stereocenters. The molecule has 1 aromatic rings. The van der Waals surface area contributed by atoms with Gasteiger partial charge >= 0.3 is 0 Å². The van der Waals surface area contributed by atoms with Gasteiger partial charge in [0, 0.05) is 23.6 Å². The Kier molecular flexibility index (Phi) is 18.1. The highest BCUT2D eigenvalue weighted by Gasteiger charge is 2.01. The molecule has 0 fully saturated rings. The van der Waals surface area contributed by atoms with E-state index in [1.165, 1.54) is 0 Å². The second-order valence-corrected chi connectivity index (χ2v) is 6.73. The zero-order chi connectivity index (χ0) is 19.7. The average Bonchev–Trinajstić information content (AvgIpc) is 2.55. The van der Waals surface area contributed by atoms with Crippen molar-refractivity contribution in [2.24, 2.45) is 5.92 Å². The second kappa shape index (κ2) is 17.5. The third-order valence-electron chi connectivity index (χ3n) is 3.00. The minimum Gasteiger partial charge on any atom is -0.329 e. The number of anilines is 1.